The molecule has 5 rings (SSSR count). The lowest BCUT2D eigenvalue weighted by molar-refractivity contribution is -0.149. The van der Waals surface area contributed by atoms with Gasteiger partial charge in [0.1, 0.15) is 30.5 Å². The highest BCUT2D eigenvalue weighted by atomic mass is 16.5. The van der Waals surface area contributed by atoms with Crippen LogP contribution in [-0.2, 0) is 9.59 Å². The number of aliphatic carboxylic acids is 1. The number of fused-ring (bicyclic) bond motifs is 1. The van der Waals surface area contributed by atoms with Gasteiger partial charge in [-0.2, -0.15) is 0 Å². The Kier molecular flexibility index (Phi) is 10.3. The van der Waals surface area contributed by atoms with Crippen LogP contribution in [0.2, 0.25) is 0 Å². The van der Waals surface area contributed by atoms with E-state index in [1.807, 2.05) is 38.1 Å². The fourth-order valence-corrected chi connectivity index (χ4v) is 5.67. The van der Waals surface area contributed by atoms with Gasteiger partial charge in [-0.1, -0.05) is 0 Å². The van der Waals surface area contributed by atoms with Crippen molar-refractivity contribution in [2.24, 2.45) is 0 Å². The third-order valence-corrected chi connectivity index (χ3v) is 7.94. The van der Waals surface area contributed by atoms with Crippen LogP contribution in [0.15, 0.2) is 42.7 Å². The minimum atomic E-state index is -1.14. The van der Waals surface area contributed by atoms with Crippen molar-refractivity contribution in [3.8, 4) is 17.2 Å². The van der Waals surface area contributed by atoms with Crippen LogP contribution in [0.25, 0.3) is 10.9 Å². The van der Waals surface area contributed by atoms with E-state index in [0.717, 1.165) is 11.1 Å². The van der Waals surface area contributed by atoms with Crippen LogP contribution in [0.4, 0.5) is 16.3 Å². The number of likely N-dealkylation sites (tertiary alicyclic amines) is 1. The summed E-state index contributed by atoms with van der Waals surface area (Å²) in [6.45, 7) is 6.17. The maximum atomic E-state index is 12.9. The predicted octanol–water partition coefficient (Wildman–Crippen LogP) is 2.99. The summed E-state index contributed by atoms with van der Waals surface area (Å²) in [4.78, 5) is 51.0. The van der Waals surface area contributed by atoms with Gasteiger partial charge in [-0.3, -0.25) is 4.79 Å². The van der Waals surface area contributed by atoms with E-state index in [4.69, 9.17) is 14.2 Å². The number of anilines is 2. The normalized spacial score (nSPS) is 17.2. The van der Waals surface area contributed by atoms with Gasteiger partial charge >= 0.3 is 12.0 Å². The number of aliphatic hydroxyl groups is 1. The van der Waals surface area contributed by atoms with E-state index in [2.05, 4.69) is 20.2 Å². The number of methoxy groups -OCH3 is 1. The van der Waals surface area contributed by atoms with E-state index in [0.29, 0.717) is 74.1 Å². The van der Waals surface area contributed by atoms with Crippen molar-refractivity contribution in [2.45, 2.75) is 51.4 Å². The molecular weight excluding hydrogens is 596 g/mol. The molecule has 0 saturated carbocycles. The number of rotatable bonds is 11. The lowest BCUT2D eigenvalue weighted by atomic mass is 10.1. The van der Waals surface area contributed by atoms with E-state index in [1.165, 1.54) is 18.3 Å². The molecule has 2 saturated heterocycles. The van der Waals surface area contributed by atoms with Crippen LogP contribution in [-0.4, -0.2) is 113 Å². The first-order valence-corrected chi connectivity index (χ1v) is 15.4. The Labute approximate surface area is 266 Å². The van der Waals surface area contributed by atoms with Gasteiger partial charge in [0, 0.05) is 49.9 Å². The van der Waals surface area contributed by atoms with Crippen molar-refractivity contribution in [1.82, 2.24) is 19.8 Å². The number of carbonyl (C=O) groups is 3. The molecule has 2 aromatic carbocycles. The quantitative estimate of drug-likeness (QED) is 0.283. The van der Waals surface area contributed by atoms with Gasteiger partial charge in [0.05, 0.1) is 31.3 Å². The number of hydrogen-bond donors (Lipinski definition) is 3. The molecule has 0 aliphatic carbocycles. The summed E-state index contributed by atoms with van der Waals surface area (Å²) in [6.07, 6.45) is 1.15. The van der Waals surface area contributed by atoms with Crippen molar-refractivity contribution in [1.29, 1.82) is 0 Å². The van der Waals surface area contributed by atoms with Crippen molar-refractivity contribution in [3.05, 3.63) is 42.7 Å². The summed E-state index contributed by atoms with van der Waals surface area (Å²) in [5.41, 5.74) is 1.28. The van der Waals surface area contributed by atoms with Gasteiger partial charge in [-0.25, -0.2) is 19.6 Å². The average molecular weight is 637 g/mol. The Bertz CT molecular complexity index is 1540. The summed E-state index contributed by atoms with van der Waals surface area (Å²) in [5.74, 6) is 0.706. The lowest BCUT2D eigenvalue weighted by Crippen LogP contribution is -2.50. The SMILES string of the molecule is COc1cc2c(N3CCN(C(=O)Nc4ccc(OC(C)C)cc4)CC3)ncnc2cc1OCC(O)CC(=O)N1CCCC1C(=O)O. The molecule has 0 bridgehead atoms. The Morgan fingerprint density at radius 2 is 1.76 bits per heavy atom. The van der Waals surface area contributed by atoms with E-state index < -0.39 is 24.0 Å². The molecule has 3 N–H and O–H groups in total. The van der Waals surface area contributed by atoms with Gasteiger partial charge in [-0.05, 0) is 57.0 Å². The monoisotopic (exact) mass is 636 g/mol. The smallest absolute Gasteiger partial charge is 0.326 e. The minimum Gasteiger partial charge on any atom is -0.493 e. The van der Waals surface area contributed by atoms with E-state index in [9.17, 15) is 24.6 Å². The number of carbonyl (C=O) groups excluding carboxylic acids is 2. The molecule has 246 valence electrons. The third kappa shape index (κ3) is 7.68. The van der Waals surface area contributed by atoms with Crippen molar-refractivity contribution in [2.75, 3.05) is 56.7 Å². The van der Waals surface area contributed by atoms with Gasteiger partial charge in [-0.15, -0.1) is 0 Å². The van der Waals surface area contributed by atoms with E-state index in [-0.39, 0.29) is 25.2 Å². The number of urea groups is 1. The van der Waals surface area contributed by atoms with E-state index in [1.54, 1.807) is 17.0 Å². The van der Waals surface area contributed by atoms with Crippen molar-refractivity contribution < 1.29 is 38.8 Å². The molecule has 2 aliphatic heterocycles. The van der Waals surface area contributed by atoms with Crippen molar-refractivity contribution in [3.63, 3.8) is 0 Å². The van der Waals surface area contributed by atoms with Gasteiger partial charge in [0.15, 0.2) is 11.5 Å². The number of carboxylic acid groups (broad SMARTS) is 1. The second-order valence-electron chi connectivity index (χ2n) is 11.6. The molecule has 2 unspecified atom stereocenters. The maximum Gasteiger partial charge on any atom is 0.326 e. The van der Waals surface area contributed by atoms with Gasteiger partial charge < -0.3 is 44.4 Å². The first-order valence-electron chi connectivity index (χ1n) is 15.4. The molecule has 3 heterocycles. The second-order valence-corrected chi connectivity index (χ2v) is 11.6. The largest absolute Gasteiger partial charge is 0.493 e. The Morgan fingerprint density at radius 3 is 2.43 bits per heavy atom. The number of hydrogen-bond acceptors (Lipinski definition) is 10. The highest BCUT2D eigenvalue weighted by Gasteiger charge is 2.34. The number of aliphatic hydroxyl groups excluding tert-OH is 1. The van der Waals surface area contributed by atoms with Crippen LogP contribution >= 0.6 is 0 Å². The predicted molar refractivity (Wildman–Crippen MR) is 170 cm³/mol. The minimum absolute atomic E-state index is 0.0693. The number of nitrogens with one attached hydrogen (secondary N) is 1. The highest BCUT2D eigenvalue weighted by Crippen LogP contribution is 2.35. The average Bonchev–Trinajstić information content (AvgIpc) is 3.55. The van der Waals surface area contributed by atoms with Crippen molar-refractivity contribution >= 4 is 40.3 Å². The molecule has 2 aliphatic rings. The molecule has 0 spiro atoms. The molecule has 2 fully saturated rings. The Morgan fingerprint density at radius 1 is 1.02 bits per heavy atom. The van der Waals surface area contributed by atoms with Crippen LogP contribution in [0.5, 0.6) is 17.2 Å². The molecule has 0 radical (unpaired) electrons. The molecular formula is C32H40N6O8. The Hall–Kier alpha value is -4.85. The molecule has 1 aromatic heterocycles. The summed E-state index contributed by atoms with van der Waals surface area (Å²) in [5, 5.41) is 23.5. The van der Waals surface area contributed by atoms with Crippen LogP contribution in [0.3, 0.4) is 0 Å². The van der Waals surface area contributed by atoms with Crippen LogP contribution < -0.4 is 24.4 Å². The number of aromatic nitrogens is 2. The maximum absolute atomic E-state index is 12.9. The van der Waals surface area contributed by atoms with Crippen LogP contribution in [0.1, 0.15) is 33.1 Å². The number of piperazine rings is 1. The number of amides is 3. The fraction of sp³-hybridized carbons (Fsp3) is 0.469. The zero-order valence-electron chi connectivity index (χ0n) is 26.2. The second kappa shape index (κ2) is 14.5. The summed E-state index contributed by atoms with van der Waals surface area (Å²) in [6, 6.07) is 9.71. The first-order chi connectivity index (χ1) is 22.1. The number of nitrogens with zero attached hydrogens (tertiary/aromatic N) is 5. The standard InChI is InChI=1S/C32H40N6O8/c1-20(2)46-23-8-6-21(7-9-23)35-32(43)37-13-11-36(12-14-37)30-24-16-27(44-3)28(17-25(24)33-19-34-30)45-18-22(39)15-29(40)38-10-4-5-26(38)31(41)42/h6-9,16-17,19-20,22,26,39H,4-5,10-15,18H2,1-3H3,(H,35,43)(H,41,42). The zero-order valence-corrected chi connectivity index (χ0v) is 26.2. The molecule has 46 heavy (non-hydrogen) atoms. The molecule has 14 nitrogen and oxygen atoms in total. The lowest BCUT2D eigenvalue weighted by Gasteiger charge is -2.35. The fourth-order valence-electron chi connectivity index (χ4n) is 5.67. The van der Waals surface area contributed by atoms with Crippen LogP contribution in [0, 0.1) is 0 Å². The molecule has 3 amide bonds. The number of carboxylic acids is 1. The molecule has 14 heteroatoms. The first kappa shape index (κ1) is 32.5. The van der Waals surface area contributed by atoms with Gasteiger partial charge in [0.2, 0.25) is 5.91 Å². The number of ether oxygens (including phenoxy) is 3. The summed E-state index contributed by atoms with van der Waals surface area (Å²) >= 11 is 0. The Balaban J connectivity index is 1.19. The summed E-state index contributed by atoms with van der Waals surface area (Å²) < 4.78 is 17.1. The molecule has 2 atom stereocenters. The number of benzene rings is 2. The van der Waals surface area contributed by atoms with Gasteiger partial charge in [0.25, 0.3) is 0 Å². The summed E-state index contributed by atoms with van der Waals surface area (Å²) in [7, 11) is 1.50. The zero-order chi connectivity index (χ0) is 32.8. The topological polar surface area (TPSA) is 167 Å². The highest BCUT2D eigenvalue weighted by molar-refractivity contribution is 5.93. The third-order valence-electron chi connectivity index (χ3n) is 7.94. The van der Waals surface area contributed by atoms with E-state index >= 15 is 0 Å². The molecule has 3 aromatic rings.